The van der Waals surface area contributed by atoms with Crippen LogP contribution in [-0.2, 0) is 6.42 Å². The van der Waals surface area contributed by atoms with Crippen LogP contribution in [0.1, 0.15) is 65.4 Å². The summed E-state index contributed by atoms with van der Waals surface area (Å²) in [6, 6.07) is 4.71. The van der Waals surface area contributed by atoms with E-state index < -0.39 is 0 Å². The zero-order chi connectivity index (χ0) is 25.1. The standard InChI is InChI=1S/C31H36FN3/c1-7-23-11-9-12-25-21(5)20(4)10-8-13-26(25)31(23)35-28(19(2)3)16-17-30-33-22(6)27-18-24(32)14-15-29(27)34-30/h8-10,12-15,18-19,21H,7,11,16-17H2,1-6H3. The summed E-state index contributed by atoms with van der Waals surface area (Å²) in [6.07, 6.45) is 14.6. The van der Waals surface area contributed by atoms with Crippen molar-refractivity contribution < 1.29 is 4.39 Å². The average Bonchev–Trinajstić information content (AvgIpc) is 3.08. The van der Waals surface area contributed by atoms with Crippen molar-refractivity contribution in [2.45, 2.75) is 67.2 Å². The number of nitrogens with zero attached hydrogens (tertiary/aromatic N) is 3. The normalized spacial score (nSPS) is 18.8. The van der Waals surface area contributed by atoms with E-state index in [2.05, 4.69) is 70.0 Å². The van der Waals surface area contributed by atoms with E-state index in [1.807, 2.05) is 6.92 Å². The third-order valence-corrected chi connectivity index (χ3v) is 7.18. The smallest absolute Gasteiger partial charge is 0.129 e. The van der Waals surface area contributed by atoms with Gasteiger partial charge in [0.05, 0.1) is 11.2 Å². The lowest BCUT2D eigenvalue weighted by Crippen LogP contribution is -2.12. The summed E-state index contributed by atoms with van der Waals surface area (Å²) in [4.78, 5) is 14.8. The second-order valence-corrected chi connectivity index (χ2v) is 9.92. The first kappa shape index (κ1) is 25.0. The van der Waals surface area contributed by atoms with Gasteiger partial charge in [-0.2, -0.15) is 0 Å². The van der Waals surface area contributed by atoms with E-state index in [9.17, 15) is 4.39 Å². The van der Waals surface area contributed by atoms with Gasteiger partial charge in [-0.3, -0.25) is 4.99 Å². The molecule has 0 aliphatic heterocycles. The van der Waals surface area contributed by atoms with Crippen LogP contribution in [-0.4, -0.2) is 15.7 Å². The minimum Gasteiger partial charge on any atom is -0.257 e. The molecule has 1 aromatic heterocycles. The molecular weight excluding hydrogens is 433 g/mol. The number of aliphatic imine (C=N–C) groups is 1. The summed E-state index contributed by atoms with van der Waals surface area (Å²) in [5.74, 6) is 1.19. The molecule has 2 aromatic rings. The SMILES string of the molecule is CCC1=C(N=C(CCc2nc(C)c3cc(F)ccc3n2)C(C)C)C2=C(C=CC1)C(C)C(C)=CC=C2. The summed E-state index contributed by atoms with van der Waals surface area (Å²) in [5.41, 5.74) is 9.23. The first-order valence-electron chi connectivity index (χ1n) is 12.8. The molecule has 0 N–H and O–H groups in total. The predicted molar refractivity (Wildman–Crippen MR) is 145 cm³/mol. The Labute approximate surface area is 209 Å². The number of hydrogen-bond acceptors (Lipinski definition) is 3. The van der Waals surface area contributed by atoms with E-state index in [1.165, 1.54) is 34.4 Å². The summed E-state index contributed by atoms with van der Waals surface area (Å²) in [7, 11) is 0. The highest BCUT2D eigenvalue weighted by molar-refractivity contribution is 5.88. The van der Waals surface area contributed by atoms with Gasteiger partial charge in [0.15, 0.2) is 0 Å². The molecule has 182 valence electrons. The van der Waals surface area contributed by atoms with Crippen LogP contribution in [0, 0.1) is 24.6 Å². The number of fused-ring (bicyclic) bond motifs is 1. The maximum absolute atomic E-state index is 13.7. The predicted octanol–water partition coefficient (Wildman–Crippen LogP) is 8.18. The molecular formula is C31H36FN3. The van der Waals surface area contributed by atoms with Crippen LogP contribution in [0.15, 0.2) is 81.6 Å². The van der Waals surface area contributed by atoms with Gasteiger partial charge in [0, 0.05) is 34.7 Å². The molecule has 1 aromatic carbocycles. The van der Waals surface area contributed by atoms with Gasteiger partial charge in [0.1, 0.15) is 11.6 Å². The molecule has 1 unspecified atom stereocenters. The Bertz CT molecular complexity index is 1320. The number of allylic oxidation sites excluding steroid dienone is 8. The van der Waals surface area contributed by atoms with Gasteiger partial charge >= 0.3 is 0 Å². The van der Waals surface area contributed by atoms with Crippen molar-refractivity contribution >= 4 is 16.6 Å². The largest absolute Gasteiger partial charge is 0.257 e. The molecule has 0 saturated carbocycles. The van der Waals surface area contributed by atoms with Gasteiger partial charge < -0.3 is 0 Å². The van der Waals surface area contributed by atoms with Crippen LogP contribution in [0.3, 0.4) is 0 Å². The number of benzene rings is 1. The van der Waals surface area contributed by atoms with E-state index in [0.29, 0.717) is 18.3 Å². The summed E-state index contributed by atoms with van der Waals surface area (Å²) in [6.45, 7) is 13.1. The second-order valence-electron chi connectivity index (χ2n) is 9.92. The van der Waals surface area contributed by atoms with Crippen LogP contribution in [0.5, 0.6) is 0 Å². The molecule has 1 atom stereocenters. The van der Waals surface area contributed by atoms with E-state index in [-0.39, 0.29) is 5.82 Å². The fourth-order valence-electron chi connectivity index (χ4n) is 4.81. The lowest BCUT2D eigenvalue weighted by Gasteiger charge is -2.19. The maximum atomic E-state index is 13.7. The number of halogens is 1. The molecule has 0 bridgehead atoms. The first-order valence-corrected chi connectivity index (χ1v) is 12.8. The topological polar surface area (TPSA) is 38.1 Å². The minimum atomic E-state index is -0.259. The van der Waals surface area contributed by atoms with Crippen LogP contribution >= 0.6 is 0 Å². The summed E-state index contributed by atoms with van der Waals surface area (Å²) >= 11 is 0. The van der Waals surface area contributed by atoms with E-state index in [1.54, 1.807) is 6.07 Å². The number of aromatic nitrogens is 2. The zero-order valence-corrected chi connectivity index (χ0v) is 21.8. The summed E-state index contributed by atoms with van der Waals surface area (Å²) in [5, 5.41) is 0.771. The Morgan fingerprint density at radius 3 is 2.71 bits per heavy atom. The molecule has 35 heavy (non-hydrogen) atoms. The minimum absolute atomic E-state index is 0.259. The fraction of sp³-hybridized carbons (Fsp3) is 0.387. The highest BCUT2D eigenvalue weighted by Gasteiger charge is 2.22. The van der Waals surface area contributed by atoms with Crippen molar-refractivity contribution in [1.29, 1.82) is 0 Å². The van der Waals surface area contributed by atoms with Crippen molar-refractivity contribution in [1.82, 2.24) is 9.97 Å². The molecule has 0 saturated heterocycles. The highest BCUT2D eigenvalue weighted by Crippen LogP contribution is 2.36. The zero-order valence-electron chi connectivity index (χ0n) is 21.8. The van der Waals surface area contributed by atoms with Gasteiger partial charge in [-0.15, -0.1) is 0 Å². The monoisotopic (exact) mass is 469 g/mol. The van der Waals surface area contributed by atoms with Gasteiger partial charge in [0.25, 0.3) is 0 Å². The van der Waals surface area contributed by atoms with Gasteiger partial charge in [0.2, 0.25) is 0 Å². The molecule has 0 spiro atoms. The Kier molecular flexibility index (Phi) is 7.59. The van der Waals surface area contributed by atoms with Crippen molar-refractivity contribution in [2.24, 2.45) is 16.8 Å². The average molecular weight is 470 g/mol. The van der Waals surface area contributed by atoms with Gasteiger partial charge in [-0.1, -0.05) is 63.6 Å². The molecule has 0 radical (unpaired) electrons. The third-order valence-electron chi connectivity index (χ3n) is 7.18. The number of aryl methyl sites for hydroxylation is 2. The second kappa shape index (κ2) is 10.6. The molecule has 2 aliphatic rings. The van der Waals surface area contributed by atoms with Crippen LogP contribution < -0.4 is 0 Å². The fourth-order valence-corrected chi connectivity index (χ4v) is 4.81. The molecule has 3 nitrogen and oxygen atoms in total. The lowest BCUT2D eigenvalue weighted by molar-refractivity contribution is 0.629. The van der Waals surface area contributed by atoms with Crippen molar-refractivity contribution in [3.05, 3.63) is 93.9 Å². The van der Waals surface area contributed by atoms with Gasteiger partial charge in [-0.05, 0) is 68.4 Å². The molecule has 0 fully saturated rings. The highest BCUT2D eigenvalue weighted by atomic mass is 19.1. The number of rotatable bonds is 6. The quantitative estimate of drug-likeness (QED) is 0.400. The van der Waals surface area contributed by atoms with E-state index in [0.717, 1.165) is 53.1 Å². The molecule has 4 rings (SSSR count). The Hall–Kier alpha value is -3.14. The Morgan fingerprint density at radius 2 is 1.97 bits per heavy atom. The Balaban J connectivity index is 1.70. The molecule has 1 heterocycles. The van der Waals surface area contributed by atoms with Crippen molar-refractivity contribution in [2.75, 3.05) is 0 Å². The van der Waals surface area contributed by atoms with Crippen molar-refractivity contribution in [3.63, 3.8) is 0 Å². The van der Waals surface area contributed by atoms with Crippen LogP contribution in [0.25, 0.3) is 10.9 Å². The van der Waals surface area contributed by atoms with Crippen LogP contribution in [0.2, 0.25) is 0 Å². The maximum Gasteiger partial charge on any atom is 0.129 e. The first-order chi connectivity index (χ1) is 16.8. The molecule has 0 amide bonds. The number of hydrogen-bond donors (Lipinski definition) is 0. The summed E-state index contributed by atoms with van der Waals surface area (Å²) < 4.78 is 13.7. The van der Waals surface area contributed by atoms with Crippen molar-refractivity contribution in [3.8, 4) is 0 Å². The third kappa shape index (κ3) is 5.42. The Morgan fingerprint density at radius 1 is 1.17 bits per heavy atom. The van der Waals surface area contributed by atoms with Crippen LogP contribution in [0.4, 0.5) is 4.39 Å². The van der Waals surface area contributed by atoms with Gasteiger partial charge in [-0.25, -0.2) is 14.4 Å². The molecule has 2 aliphatic carbocycles. The van der Waals surface area contributed by atoms with E-state index in [4.69, 9.17) is 9.98 Å². The lowest BCUT2D eigenvalue weighted by atomic mass is 9.89. The molecule has 4 heteroatoms. The van der Waals surface area contributed by atoms with E-state index >= 15 is 0 Å².